The molecule has 1 saturated heterocycles. The summed E-state index contributed by atoms with van der Waals surface area (Å²) in [6.45, 7) is 0.461. The number of carbonyl (C=O) groups excluding carboxylic acids is 1. The van der Waals surface area contributed by atoms with E-state index in [4.69, 9.17) is 4.52 Å². The van der Waals surface area contributed by atoms with Crippen LogP contribution >= 0.6 is 0 Å². The molecule has 174 valence electrons. The number of likely N-dealkylation sites (tertiary alicyclic amines) is 1. The summed E-state index contributed by atoms with van der Waals surface area (Å²) in [6, 6.07) is 14.3. The molecule has 1 unspecified atom stereocenters. The summed E-state index contributed by atoms with van der Waals surface area (Å²) in [6.07, 6.45) is -2.12. The van der Waals surface area contributed by atoms with E-state index >= 15 is 0 Å². The molecule has 0 spiro atoms. The molecule has 0 bridgehead atoms. The van der Waals surface area contributed by atoms with E-state index in [-0.39, 0.29) is 23.2 Å². The van der Waals surface area contributed by atoms with E-state index in [1.54, 1.807) is 11.0 Å². The van der Waals surface area contributed by atoms with Crippen LogP contribution in [-0.4, -0.2) is 43.8 Å². The number of rotatable bonds is 5. The first-order valence-corrected chi connectivity index (χ1v) is 10.5. The van der Waals surface area contributed by atoms with E-state index in [1.807, 2.05) is 30.3 Å². The van der Waals surface area contributed by atoms with Gasteiger partial charge in [-0.1, -0.05) is 47.6 Å². The maximum atomic E-state index is 13.4. The molecular weight excluding hydrogens is 451 g/mol. The van der Waals surface area contributed by atoms with Gasteiger partial charge in [0, 0.05) is 12.1 Å². The molecule has 5 rings (SSSR count). The molecule has 1 fully saturated rings. The molecule has 34 heavy (non-hydrogen) atoms. The van der Waals surface area contributed by atoms with Crippen LogP contribution in [0.2, 0.25) is 0 Å². The van der Waals surface area contributed by atoms with Gasteiger partial charge < -0.3 is 19.1 Å². The lowest BCUT2D eigenvalue weighted by Gasteiger charge is -2.21. The van der Waals surface area contributed by atoms with E-state index in [2.05, 4.69) is 24.8 Å². The molecule has 4 aromatic rings. The minimum Gasteiger partial charge on any atom is -0.405 e. The van der Waals surface area contributed by atoms with Gasteiger partial charge in [0.2, 0.25) is 11.7 Å². The number of H-pyrrole nitrogens is 1. The maximum absolute atomic E-state index is 13.4. The summed E-state index contributed by atoms with van der Waals surface area (Å²) in [5.74, 6) is -0.629. The fourth-order valence-electron chi connectivity index (χ4n) is 4.03. The van der Waals surface area contributed by atoms with Gasteiger partial charge in [0.1, 0.15) is 23.2 Å². The van der Waals surface area contributed by atoms with E-state index in [0.717, 1.165) is 5.56 Å². The van der Waals surface area contributed by atoms with E-state index in [9.17, 15) is 18.0 Å². The highest BCUT2D eigenvalue weighted by Gasteiger charge is 2.37. The van der Waals surface area contributed by atoms with Crippen molar-refractivity contribution in [2.45, 2.75) is 25.2 Å². The number of alkyl halides is 3. The summed E-state index contributed by atoms with van der Waals surface area (Å²) >= 11 is 0. The van der Waals surface area contributed by atoms with Crippen LogP contribution in [0.1, 0.15) is 35.3 Å². The molecule has 2 aromatic heterocycles. The average Bonchev–Trinajstić information content (AvgIpc) is 3.59. The molecule has 0 aliphatic carbocycles. The lowest BCUT2D eigenvalue weighted by Crippen LogP contribution is -2.31. The first-order valence-electron chi connectivity index (χ1n) is 10.5. The van der Waals surface area contributed by atoms with Crippen LogP contribution in [0.4, 0.5) is 13.2 Å². The number of aromatic nitrogens is 4. The van der Waals surface area contributed by atoms with Crippen molar-refractivity contribution in [3.63, 3.8) is 0 Å². The predicted octanol–water partition coefficient (Wildman–Crippen LogP) is 5.00. The van der Waals surface area contributed by atoms with Gasteiger partial charge in [0.05, 0.1) is 11.9 Å². The number of nitrogens with one attached hydrogen (secondary N) is 1. The number of carbonyl (C=O) groups is 1. The Bertz CT molecular complexity index is 1300. The number of hydrogen-bond acceptors (Lipinski definition) is 6. The number of benzene rings is 2. The zero-order valence-corrected chi connectivity index (χ0v) is 17.6. The van der Waals surface area contributed by atoms with Crippen LogP contribution in [0.15, 0.2) is 65.4 Å². The van der Waals surface area contributed by atoms with E-state index in [0.29, 0.717) is 30.8 Å². The van der Waals surface area contributed by atoms with Gasteiger partial charge in [0.15, 0.2) is 0 Å². The normalized spacial score (nSPS) is 16.1. The lowest BCUT2D eigenvalue weighted by atomic mass is 10.1. The standard InChI is InChI=1S/C23H18F3N5O3/c24-23(25,26)33-17-11-5-4-9-15(17)20-29-21(34-30-20)16-10-6-12-31(16)22(32)19-18(27-13-28-19)14-7-2-1-3-8-14/h1-5,7-9,11,13,16H,6,10,12H2,(H,27,28). The van der Waals surface area contributed by atoms with Crippen molar-refractivity contribution in [1.29, 1.82) is 0 Å². The summed E-state index contributed by atoms with van der Waals surface area (Å²) < 4.78 is 47.8. The van der Waals surface area contributed by atoms with Crippen molar-refractivity contribution in [2.24, 2.45) is 0 Å². The second-order valence-corrected chi connectivity index (χ2v) is 7.65. The Morgan fingerprint density at radius 1 is 1.12 bits per heavy atom. The molecule has 1 aliphatic heterocycles. The molecule has 11 heteroatoms. The highest BCUT2D eigenvalue weighted by Crippen LogP contribution is 2.36. The number of hydrogen-bond donors (Lipinski definition) is 1. The second-order valence-electron chi connectivity index (χ2n) is 7.65. The summed E-state index contributed by atoms with van der Waals surface area (Å²) in [7, 11) is 0. The van der Waals surface area contributed by atoms with Crippen molar-refractivity contribution < 1.29 is 27.2 Å². The first kappa shape index (κ1) is 21.7. The van der Waals surface area contributed by atoms with Gasteiger partial charge in [-0.15, -0.1) is 13.2 Å². The lowest BCUT2D eigenvalue weighted by molar-refractivity contribution is -0.274. The van der Waals surface area contributed by atoms with E-state index in [1.165, 1.54) is 24.5 Å². The SMILES string of the molecule is O=C(c1[nH]cnc1-c1ccccc1)N1CCCC1c1nc(-c2ccccc2OC(F)(F)F)no1. The topological polar surface area (TPSA) is 97.1 Å². The predicted molar refractivity (Wildman–Crippen MR) is 113 cm³/mol. The molecule has 0 saturated carbocycles. The third-order valence-corrected chi connectivity index (χ3v) is 5.49. The van der Waals surface area contributed by atoms with Crippen molar-refractivity contribution in [3.8, 4) is 28.4 Å². The van der Waals surface area contributed by atoms with Crippen LogP contribution < -0.4 is 4.74 Å². The van der Waals surface area contributed by atoms with Crippen LogP contribution in [0.5, 0.6) is 5.75 Å². The zero-order chi connectivity index (χ0) is 23.7. The minimum absolute atomic E-state index is 0.0330. The van der Waals surface area contributed by atoms with Crippen LogP contribution in [0.3, 0.4) is 0 Å². The van der Waals surface area contributed by atoms with Gasteiger partial charge in [-0.25, -0.2) is 4.98 Å². The van der Waals surface area contributed by atoms with Gasteiger partial charge in [-0.3, -0.25) is 4.79 Å². The number of nitrogens with zero attached hydrogens (tertiary/aromatic N) is 4. The summed E-state index contributed by atoms with van der Waals surface area (Å²) in [5.41, 5.74) is 1.69. The van der Waals surface area contributed by atoms with Crippen molar-refractivity contribution in [3.05, 3.63) is 72.5 Å². The third-order valence-electron chi connectivity index (χ3n) is 5.49. The summed E-state index contributed by atoms with van der Waals surface area (Å²) in [5, 5.41) is 3.85. The minimum atomic E-state index is -4.86. The molecule has 8 nitrogen and oxygen atoms in total. The molecule has 1 N–H and O–H groups in total. The Kier molecular flexibility index (Phi) is 5.52. The Morgan fingerprint density at radius 3 is 2.68 bits per heavy atom. The number of para-hydroxylation sites is 1. The number of aromatic amines is 1. The number of imidazole rings is 1. The van der Waals surface area contributed by atoms with Gasteiger partial charge >= 0.3 is 6.36 Å². The Hall–Kier alpha value is -4.15. The smallest absolute Gasteiger partial charge is 0.405 e. The Morgan fingerprint density at radius 2 is 1.88 bits per heavy atom. The third kappa shape index (κ3) is 4.24. The maximum Gasteiger partial charge on any atom is 0.573 e. The van der Waals surface area contributed by atoms with E-state index < -0.39 is 18.2 Å². The second kappa shape index (κ2) is 8.65. The average molecular weight is 469 g/mol. The van der Waals surface area contributed by atoms with Gasteiger partial charge in [0.25, 0.3) is 5.91 Å². The highest BCUT2D eigenvalue weighted by molar-refractivity contribution is 5.98. The fraction of sp³-hybridized carbons (Fsp3) is 0.217. The largest absolute Gasteiger partial charge is 0.573 e. The van der Waals surface area contributed by atoms with Crippen molar-refractivity contribution in [2.75, 3.05) is 6.54 Å². The molecular formula is C23H18F3N5O3. The van der Waals surface area contributed by atoms with Crippen LogP contribution in [-0.2, 0) is 0 Å². The molecule has 0 radical (unpaired) electrons. The molecule has 2 aromatic carbocycles. The number of amides is 1. The highest BCUT2D eigenvalue weighted by atomic mass is 19.4. The first-order chi connectivity index (χ1) is 16.4. The molecule has 3 heterocycles. The van der Waals surface area contributed by atoms with Crippen LogP contribution in [0, 0.1) is 0 Å². The fourth-order valence-corrected chi connectivity index (χ4v) is 4.03. The number of halogens is 3. The quantitative estimate of drug-likeness (QED) is 0.442. The van der Waals surface area contributed by atoms with Crippen LogP contribution in [0.25, 0.3) is 22.6 Å². The molecule has 1 atom stereocenters. The van der Waals surface area contributed by atoms with Crippen molar-refractivity contribution in [1.82, 2.24) is 25.0 Å². The molecule has 1 aliphatic rings. The van der Waals surface area contributed by atoms with Gasteiger partial charge in [-0.05, 0) is 25.0 Å². The van der Waals surface area contributed by atoms with Gasteiger partial charge in [-0.2, -0.15) is 4.98 Å². The Balaban J connectivity index is 1.42. The zero-order valence-electron chi connectivity index (χ0n) is 17.6. The Labute approximate surface area is 191 Å². The monoisotopic (exact) mass is 469 g/mol. The number of ether oxygens (including phenoxy) is 1. The van der Waals surface area contributed by atoms with Crippen molar-refractivity contribution >= 4 is 5.91 Å². The summed E-state index contributed by atoms with van der Waals surface area (Å²) in [4.78, 5) is 26.5. The molecule has 1 amide bonds.